The first kappa shape index (κ1) is 23.1. The van der Waals surface area contributed by atoms with E-state index in [4.69, 9.17) is 27.9 Å². The van der Waals surface area contributed by atoms with Crippen LogP contribution in [0, 0.1) is 11.7 Å². The van der Waals surface area contributed by atoms with Crippen molar-refractivity contribution in [3.05, 3.63) is 57.8 Å². The summed E-state index contributed by atoms with van der Waals surface area (Å²) in [5.74, 6) is -0.0272. The molecule has 0 spiro atoms. The number of morpholine rings is 1. The molecule has 0 aromatic heterocycles. The number of nitrogens with one attached hydrogen (secondary N) is 1. The van der Waals surface area contributed by atoms with Gasteiger partial charge >= 0.3 is 0 Å². The number of rotatable bonds is 5. The van der Waals surface area contributed by atoms with Crippen molar-refractivity contribution in [3.63, 3.8) is 0 Å². The molecule has 0 aliphatic carbocycles. The van der Waals surface area contributed by atoms with Gasteiger partial charge in [0.05, 0.1) is 24.9 Å². The standard InChI is InChI=1S/C24H28Cl2FN3O2/c1-16(20-4-2-18(25)14-21(20)26)28-23-15-19(3-5-22(23)27)29-8-6-17(7-9-29)24(31)30-10-12-32-13-11-30/h2-5,14-17,28H,6-13H2,1H3. The van der Waals surface area contributed by atoms with Gasteiger partial charge in [-0.25, -0.2) is 4.39 Å². The monoisotopic (exact) mass is 479 g/mol. The summed E-state index contributed by atoms with van der Waals surface area (Å²) in [7, 11) is 0. The van der Waals surface area contributed by atoms with Gasteiger partial charge in [0.1, 0.15) is 5.82 Å². The zero-order chi connectivity index (χ0) is 22.7. The first-order chi connectivity index (χ1) is 15.4. The Labute approximate surface area is 198 Å². The summed E-state index contributed by atoms with van der Waals surface area (Å²) in [5, 5.41) is 4.34. The summed E-state index contributed by atoms with van der Waals surface area (Å²) in [6.45, 7) is 6.08. The van der Waals surface area contributed by atoms with Crippen molar-refractivity contribution in [2.24, 2.45) is 5.92 Å². The van der Waals surface area contributed by atoms with Gasteiger partial charge in [-0.2, -0.15) is 0 Å². The minimum atomic E-state index is -0.317. The van der Waals surface area contributed by atoms with Crippen LogP contribution < -0.4 is 10.2 Å². The number of hydrogen-bond acceptors (Lipinski definition) is 4. The largest absolute Gasteiger partial charge is 0.378 e. The molecule has 2 aromatic rings. The molecule has 1 unspecified atom stereocenters. The molecule has 32 heavy (non-hydrogen) atoms. The maximum absolute atomic E-state index is 14.6. The maximum atomic E-state index is 14.6. The second kappa shape index (κ2) is 10.3. The van der Waals surface area contributed by atoms with Crippen molar-refractivity contribution in [2.75, 3.05) is 49.6 Å². The molecule has 2 aromatic carbocycles. The third-order valence-corrected chi connectivity index (χ3v) is 6.85. The fourth-order valence-corrected chi connectivity index (χ4v) is 4.98. The molecule has 1 N–H and O–H groups in total. The summed E-state index contributed by atoms with van der Waals surface area (Å²) >= 11 is 12.3. The lowest BCUT2D eigenvalue weighted by atomic mass is 9.94. The predicted octanol–water partition coefficient (Wildman–Crippen LogP) is 5.38. The average Bonchev–Trinajstić information content (AvgIpc) is 2.80. The Hall–Kier alpha value is -2.02. The number of carbonyl (C=O) groups excluding carboxylic acids is 1. The van der Waals surface area contributed by atoms with Crippen LogP contribution in [0.5, 0.6) is 0 Å². The minimum Gasteiger partial charge on any atom is -0.378 e. The maximum Gasteiger partial charge on any atom is 0.225 e. The van der Waals surface area contributed by atoms with E-state index in [0.29, 0.717) is 42.0 Å². The number of amides is 1. The van der Waals surface area contributed by atoms with Gasteiger partial charge in [-0.3, -0.25) is 4.79 Å². The topological polar surface area (TPSA) is 44.8 Å². The van der Waals surface area contributed by atoms with Gasteiger partial charge in [-0.15, -0.1) is 0 Å². The highest BCUT2D eigenvalue weighted by Crippen LogP contribution is 2.32. The van der Waals surface area contributed by atoms with Crippen molar-refractivity contribution in [3.8, 4) is 0 Å². The molecule has 4 rings (SSSR count). The molecular weight excluding hydrogens is 452 g/mol. The van der Waals surface area contributed by atoms with Crippen LogP contribution in [0.4, 0.5) is 15.8 Å². The van der Waals surface area contributed by atoms with E-state index in [0.717, 1.165) is 37.2 Å². The molecule has 2 fully saturated rings. The van der Waals surface area contributed by atoms with E-state index in [1.807, 2.05) is 24.0 Å². The SMILES string of the molecule is CC(Nc1cc(N2CCC(C(=O)N3CCOCC3)CC2)ccc1F)c1ccc(Cl)cc1Cl. The van der Waals surface area contributed by atoms with Gasteiger partial charge in [0, 0.05) is 47.8 Å². The summed E-state index contributed by atoms with van der Waals surface area (Å²) in [6, 6.07) is 10.2. The Morgan fingerprint density at radius 2 is 1.81 bits per heavy atom. The van der Waals surface area contributed by atoms with Crippen LogP contribution in [-0.4, -0.2) is 50.2 Å². The fraction of sp³-hybridized carbons (Fsp3) is 0.458. The van der Waals surface area contributed by atoms with Crippen LogP contribution in [0.3, 0.4) is 0 Å². The van der Waals surface area contributed by atoms with E-state index in [9.17, 15) is 9.18 Å². The van der Waals surface area contributed by atoms with Gasteiger partial charge < -0.3 is 19.9 Å². The normalized spacial score (nSPS) is 18.5. The quantitative estimate of drug-likeness (QED) is 0.624. The van der Waals surface area contributed by atoms with Crippen LogP contribution in [0.15, 0.2) is 36.4 Å². The van der Waals surface area contributed by atoms with Crippen LogP contribution in [0.25, 0.3) is 0 Å². The van der Waals surface area contributed by atoms with Crippen molar-refractivity contribution in [1.82, 2.24) is 4.90 Å². The molecule has 2 heterocycles. The summed E-state index contributed by atoms with van der Waals surface area (Å²) < 4.78 is 19.9. The second-order valence-corrected chi connectivity index (χ2v) is 9.24. The molecule has 172 valence electrons. The highest BCUT2D eigenvalue weighted by atomic mass is 35.5. The zero-order valence-corrected chi connectivity index (χ0v) is 19.6. The molecule has 0 saturated carbocycles. The van der Waals surface area contributed by atoms with E-state index < -0.39 is 0 Å². The van der Waals surface area contributed by atoms with E-state index >= 15 is 0 Å². The predicted molar refractivity (Wildman–Crippen MR) is 127 cm³/mol. The van der Waals surface area contributed by atoms with Crippen molar-refractivity contribution in [1.29, 1.82) is 0 Å². The van der Waals surface area contributed by atoms with Crippen LogP contribution in [0.1, 0.15) is 31.4 Å². The summed E-state index contributed by atoms with van der Waals surface area (Å²) in [5.41, 5.74) is 2.22. The molecule has 0 bridgehead atoms. The summed E-state index contributed by atoms with van der Waals surface area (Å²) in [4.78, 5) is 16.9. The molecule has 2 aliphatic heterocycles. The van der Waals surface area contributed by atoms with Crippen LogP contribution in [-0.2, 0) is 9.53 Å². The van der Waals surface area contributed by atoms with Crippen LogP contribution >= 0.6 is 23.2 Å². The smallest absolute Gasteiger partial charge is 0.225 e. The van der Waals surface area contributed by atoms with Gasteiger partial charge in [0.15, 0.2) is 0 Å². The molecule has 1 atom stereocenters. The molecular formula is C24H28Cl2FN3O2. The van der Waals surface area contributed by atoms with Crippen molar-refractivity contribution in [2.45, 2.75) is 25.8 Å². The first-order valence-corrected chi connectivity index (χ1v) is 11.8. The van der Waals surface area contributed by atoms with Gasteiger partial charge in [0.2, 0.25) is 5.91 Å². The minimum absolute atomic E-state index is 0.0504. The molecule has 2 aliphatic rings. The Bertz CT molecular complexity index is 960. The third-order valence-electron chi connectivity index (χ3n) is 6.28. The number of ether oxygens (including phenoxy) is 1. The zero-order valence-electron chi connectivity index (χ0n) is 18.1. The lowest BCUT2D eigenvalue weighted by Gasteiger charge is -2.36. The third kappa shape index (κ3) is 5.30. The Morgan fingerprint density at radius 1 is 1.09 bits per heavy atom. The van der Waals surface area contributed by atoms with E-state index in [2.05, 4.69) is 10.2 Å². The first-order valence-electron chi connectivity index (χ1n) is 11.0. The van der Waals surface area contributed by atoms with Crippen molar-refractivity contribution >= 4 is 40.5 Å². The second-order valence-electron chi connectivity index (χ2n) is 8.39. The average molecular weight is 480 g/mol. The van der Waals surface area contributed by atoms with E-state index in [1.165, 1.54) is 6.07 Å². The number of anilines is 2. The fourth-order valence-electron chi connectivity index (χ4n) is 4.41. The number of hydrogen-bond donors (Lipinski definition) is 1. The molecule has 5 nitrogen and oxygen atoms in total. The van der Waals surface area contributed by atoms with Crippen molar-refractivity contribution < 1.29 is 13.9 Å². The number of halogens is 3. The lowest BCUT2D eigenvalue weighted by molar-refractivity contribution is -0.140. The Morgan fingerprint density at radius 3 is 2.50 bits per heavy atom. The van der Waals surface area contributed by atoms with Gasteiger partial charge in [-0.1, -0.05) is 29.3 Å². The molecule has 8 heteroatoms. The molecule has 0 radical (unpaired) electrons. The van der Waals surface area contributed by atoms with Gasteiger partial charge in [-0.05, 0) is 55.7 Å². The van der Waals surface area contributed by atoms with E-state index in [-0.39, 0.29) is 23.7 Å². The summed E-state index contributed by atoms with van der Waals surface area (Å²) in [6.07, 6.45) is 1.60. The number of benzene rings is 2. The van der Waals surface area contributed by atoms with Crippen LogP contribution in [0.2, 0.25) is 10.0 Å². The Kier molecular flexibility index (Phi) is 7.44. The Balaban J connectivity index is 1.40. The number of nitrogens with zero attached hydrogens (tertiary/aromatic N) is 2. The molecule has 1 amide bonds. The number of carbonyl (C=O) groups is 1. The van der Waals surface area contributed by atoms with E-state index in [1.54, 1.807) is 18.2 Å². The van der Waals surface area contributed by atoms with Gasteiger partial charge in [0.25, 0.3) is 0 Å². The lowest BCUT2D eigenvalue weighted by Crippen LogP contribution is -2.46. The molecule has 2 saturated heterocycles. The number of piperidine rings is 1. The highest BCUT2D eigenvalue weighted by molar-refractivity contribution is 6.35. The highest BCUT2D eigenvalue weighted by Gasteiger charge is 2.29.